The molecule has 0 bridgehead atoms. The second-order valence-corrected chi connectivity index (χ2v) is 26.8. The summed E-state index contributed by atoms with van der Waals surface area (Å²) >= 11 is 0. The van der Waals surface area contributed by atoms with E-state index >= 15 is 0 Å². The van der Waals surface area contributed by atoms with Gasteiger partial charge in [-0.2, -0.15) is 4.99 Å². The standard InChI is InChI=1S/C44H57N3O15.C37H40N4O12.C3H8O3/c1-27-9-12-31(16-33(27)15-30(4)48)18-40(49)58-22-36(56-7)23-59-41(50)19-32-13-10-28(2)38(17-32)46-43(52)62-26-37(57-8)25-60-42(51)45-34-14-11-29(3)39(20-34)47-44(53)61-24-35(55-6)21-54-5;1-23-8-11-28(16-31(23)39-22-42)40-36(45)51-19-30(48-5)20-52-37(46)41-32-12-26(9-6-24(32)2)14-34(43)49-17-29(47-4)18-50-35(44)15-27-10-7-25(3)33(13-27)53-21-38;4-1-3(6)2-5/h9-14,16-17,20,35-37H,15,18-19,21-26H2,1-8H3,(H,45,51)(H,46,52)(H,47,53);6-13,16,29-30H,14-15,17-20H2,1-5H3,(H,40,45)(H,41,46);3-6H,1-2H2. The molecule has 656 valence electrons. The Labute approximate surface area is 699 Å². The Morgan fingerprint density at radius 3 is 1.04 bits per heavy atom. The molecule has 0 heterocycles. The van der Waals surface area contributed by atoms with Gasteiger partial charge in [-0.05, 0) is 152 Å². The van der Waals surface area contributed by atoms with Crippen LogP contribution in [0.1, 0.15) is 68.1 Å². The first-order chi connectivity index (χ1) is 57.9. The van der Waals surface area contributed by atoms with Gasteiger partial charge in [0.25, 0.3) is 6.26 Å². The molecule has 0 spiro atoms. The molecule has 0 aliphatic carbocycles. The van der Waals surface area contributed by atoms with Gasteiger partial charge < -0.3 is 91.1 Å². The maximum atomic E-state index is 12.7. The summed E-state index contributed by atoms with van der Waals surface area (Å²) in [6.07, 6.45) is -5.33. The molecule has 0 aromatic heterocycles. The lowest BCUT2D eigenvalue weighted by Crippen LogP contribution is -2.30. The quantitative estimate of drug-likeness (QED) is 0.00580. The first-order valence-electron chi connectivity index (χ1n) is 37.4. The maximum absolute atomic E-state index is 12.7. The molecule has 5 amide bonds. The molecule has 0 aliphatic rings. The fraction of sp³-hybridized carbons (Fsp3) is 0.429. The number of carbonyl (C=O) groups is 10. The van der Waals surface area contributed by atoms with Crippen molar-refractivity contribution < 1.29 is 144 Å². The zero-order chi connectivity index (χ0) is 89.3. The summed E-state index contributed by atoms with van der Waals surface area (Å²) in [6, 6.07) is 30.2. The van der Waals surface area contributed by atoms with Crippen LogP contribution in [-0.4, -0.2) is 240 Å². The Morgan fingerprint density at radius 1 is 0.380 bits per heavy atom. The molecule has 8 N–H and O–H groups in total. The fourth-order valence-corrected chi connectivity index (χ4v) is 10.1. The number of Topliss-reactive ketones (excluding diaryl/α,β-unsaturated/α-hetero) is 1. The van der Waals surface area contributed by atoms with Gasteiger partial charge in [0.05, 0.1) is 51.2 Å². The van der Waals surface area contributed by atoms with E-state index in [9.17, 15) is 52.7 Å². The van der Waals surface area contributed by atoms with Gasteiger partial charge in [-0.15, -0.1) is 5.26 Å². The van der Waals surface area contributed by atoms with Crippen LogP contribution in [0.4, 0.5) is 58.1 Å². The van der Waals surface area contributed by atoms with E-state index in [2.05, 4.69) is 31.6 Å². The van der Waals surface area contributed by atoms with E-state index in [0.29, 0.717) is 78.8 Å². The SMILES string of the molecule is COC(COC(=O)Cc1ccc(C)c(NC(=O)OCC(COC(=O)Nc2ccc(C)c(N=C=O)c2)OC)c1)COC(=O)Cc1ccc(C)c(OC#N)c1.COCC(COC(=O)Nc1cc(NC(=O)OCC(COC(=O)Nc2cc(CC(=O)OCC(COC(=O)Cc3ccc(C)c(CC(C)=O)c3)OC)ccc2C)OC)ccc1C)OC.OCC(O)CO. The summed E-state index contributed by atoms with van der Waals surface area (Å²) in [5, 5.41) is 45.8. The number of ketones is 1. The molecule has 121 heavy (non-hydrogen) atoms. The lowest BCUT2D eigenvalue weighted by atomic mass is 9.99. The molecular formula is C84H105N7O30. The lowest BCUT2D eigenvalue weighted by Gasteiger charge is -2.17. The molecular weight excluding hydrogens is 1590 g/mol. The molecule has 6 rings (SSSR count). The minimum Gasteiger partial charge on any atom is -0.463 e. The number of anilines is 5. The molecule has 5 unspecified atom stereocenters. The van der Waals surface area contributed by atoms with Crippen molar-refractivity contribution in [3.05, 3.63) is 170 Å². The summed E-state index contributed by atoms with van der Waals surface area (Å²) in [7, 11) is 8.51. The number of hydrogen-bond donors (Lipinski definition) is 8. The number of aryl methyl sites for hydroxylation is 6. The number of hydrogen-bond acceptors (Lipinski definition) is 32. The van der Waals surface area contributed by atoms with Crippen LogP contribution in [0.5, 0.6) is 5.75 Å². The summed E-state index contributed by atoms with van der Waals surface area (Å²) in [5.41, 5.74) is 9.98. The molecule has 0 radical (unpaired) electrons. The average molecular weight is 1690 g/mol. The number of amides is 5. The largest absolute Gasteiger partial charge is 0.463 e. The topological polar surface area (TPSA) is 492 Å². The van der Waals surface area contributed by atoms with Crippen molar-refractivity contribution in [3.8, 4) is 12.0 Å². The van der Waals surface area contributed by atoms with Crippen LogP contribution >= 0.6 is 0 Å². The van der Waals surface area contributed by atoms with Gasteiger partial charge in [-0.25, -0.2) is 28.8 Å². The summed E-state index contributed by atoms with van der Waals surface area (Å²) in [5.74, 6) is -1.82. The summed E-state index contributed by atoms with van der Waals surface area (Å²) in [4.78, 5) is 138. The van der Waals surface area contributed by atoms with E-state index < -0.39 is 91.0 Å². The number of carbonyl (C=O) groups excluding carboxylic acids is 11. The highest BCUT2D eigenvalue weighted by molar-refractivity contribution is 5.91. The maximum Gasteiger partial charge on any atom is 0.411 e. The van der Waals surface area contributed by atoms with Gasteiger partial charge in [0.2, 0.25) is 6.08 Å². The third-order valence-electron chi connectivity index (χ3n) is 17.2. The fourth-order valence-electron chi connectivity index (χ4n) is 10.1. The smallest absolute Gasteiger partial charge is 0.411 e. The highest BCUT2D eigenvalue weighted by Gasteiger charge is 2.23. The number of nitriles is 1. The van der Waals surface area contributed by atoms with Gasteiger partial charge >= 0.3 is 54.3 Å². The molecule has 0 saturated carbocycles. The predicted octanol–water partition coefficient (Wildman–Crippen LogP) is 9.12. The first kappa shape index (κ1) is 101. The van der Waals surface area contributed by atoms with Crippen molar-refractivity contribution in [2.45, 2.75) is 117 Å². The van der Waals surface area contributed by atoms with Crippen LogP contribution in [-0.2, 0) is 132 Å². The van der Waals surface area contributed by atoms with E-state index in [0.717, 1.165) is 22.3 Å². The average Bonchev–Trinajstić information content (AvgIpc) is 0.931. The molecule has 0 aliphatic heterocycles. The minimum atomic E-state index is -0.954. The summed E-state index contributed by atoms with van der Waals surface area (Å²) < 4.78 is 83.9. The van der Waals surface area contributed by atoms with Crippen molar-refractivity contribution in [3.63, 3.8) is 0 Å². The highest BCUT2D eigenvalue weighted by Crippen LogP contribution is 2.26. The van der Waals surface area contributed by atoms with Gasteiger partial charge in [-0.1, -0.05) is 66.7 Å². The minimum absolute atomic E-state index is 0.00498. The van der Waals surface area contributed by atoms with E-state index in [-0.39, 0.29) is 117 Å². The third kappa shape index (κ3) is 39.8. The first-order valence-corrected chi connectivity index (χ1v) is 37.4. The van der Waals surface area contributed by atoms with Crippen molar-refractivity contribution >= 4 is 100 Å². The zero-order valence-electron chi connectivity index (χ0n) is 69.6. The number of aliphatic hydroxyl groups excluding tert-OH is 3. The molecule has 5 atom stereocenters. The second kappa shape index (κ2) is 55.3. The molecule has 37 nitrogen and oxygen atoms in total. The van der Waals surface area contributed by atoms with Crippen LogP contribution in [0.15, 0.2) is 114 Å². The number of aliphatic imine (C=N–C) groups is 1. The van der Waals surface area contributed by atoms with Crippen LogP contribution < -0.4 is 31.3 Å². The van der Waals surface area contributed by atoms with Gasteiger partial charge in [0, 0.05) is 77.5 Å². The number of methoxy groups -OCH3 is 6. The number of esters is 4. The number of aliphatic hydroxyl groups is 3. The van der Waals surface area contributed by atoms with Crippen LogP contribution in [0.25, 0.3) is 0 Å². The third-order valence-corrected chi connectivity index (χ3v) is 17.2. The molecule has 37 heteroatoms. The predicted molar refractivity (Wildman–Crippen MR) is 435 cm³/mol. The highest BCUT2D eigenvalue weighted by atomic mass is 16.6. The van der Waals surface area contributed by atoms with E-state index in [4.69, 9.17) is 96.4 Å². The number of benzene rings is 6. The van der Waals surface area contributed by atoms with Gasteiger partial charge in [-0.3, -0.25) is 50.6 Å². The number of isocyanates is 1. The molecule has 0 saturated heterocycles. The monoisotopic (exact) mass is 1690 g/mol. The number of rotatable bonds is 44. The Bertz CT molecular complexity index is 4490. The van der Waals surface area contributed by atoms with Crippen LogP contribution in [0.3, 0.4) is 0 Å². The molecule has 6 aromatic rings. The van der Waals surface area contributed by atoms with E-state index in [1.54, 1.807) is 126 Å². The van der Waals surface area contributed by atoms with E-state index in [1.807, 2.05) is 19.1 Å². The summed E-state index contributed by atoms with van der Waals surface area (Å²) in [6.45, 7) is 10.1. The molecule has 0 fully saturated rings. The Morgan fingerprint density at radius 2 is 0.694 bits per heavy atom. The van der Waals surface area contributed by atoms with Crippen molar-refractivity contribution in [2.24, 2.45) is 4.99 Å². The number of ether oxygens (including phenoxy) is 16. The number of nitrogens with one attached hydrogen (secondary N) is 5. The Balaban J connectivity index is 0.000000480. The Hall–Kier alpha value is -12.5. The second-order valence-electron chi connectivity index (χ2n) is 26.8. The number of nitrogens with zero attached hydrogens (tertiary/aromatic N) is 2. The molecule has 6 aromatic carbocycles. The van der Waals surface area contributed by atoms with Crippen molar-refractivity contribution in [1.82, 2.24) is 0 Å². The Kier molecular flexibility index (Phi) is 46.1. The van der Waals surface area contributed by atoms with Crippen LogP contribution in [0.2, 0.25) is 0 Å². The normalized spacial score (nSPS) is 11.8. The zero-order valence-corrected chi connectivity index (χ0v) is 69.6. The van der Waals surface area contributed by atoms with E-state index in [1.165, 1.54) is 67.8 Å². The lowest BCUT2D eigenvalue weighted by molar-refractivity contribution is -0.154. The van der Waals surface area contributed by atoms with Gasteiger partial charge in [0.15, 0.2) is 0 Å². The van der Waals surface area contributed by atoms with Crippen molar-refractivity contribution in [2.75, 3.05) is 149 Å². The van der Waals surface area contributed by atoms with Gasteiger partial charge in [0.1, 0.15) is 108 Å². The van der Waals surface area contributed by atoms with Crippen molar-refractivity contribution in [1.29, 1.82) is 5.26 Å². The van der Waals surface area contributed by atoms with Crippen LogP contribution in [0, 0.1) is 53.1 Å².